The smallest absolute Gasteiger partial charge is 0.0624 e. The number of hydrogen-bond acceptors (Lipinski definition) is 2. The lowest BCUT2D eigenvalue weighted by molar-refractivity contribution is 0.0744. The summed E-state index contributed by atoms with van der Waals surface area (Å²) in [4.78, 5) is 0. The highest BCUT2D eigenvalue weighted by Crippen LogP contribution is 2.19. The fraction of sp³-hybridized carbons (Fsp3) is 1.00. The zero-order chi connectivity index (χ0) is 7.56. The molecular formula is C8H17NO. The monoisotopic (exact) mass is 143 g/mol. The second-order valence-corrected chi connectivity index (χ2v) is 3.34. The highest BCUT2D eigenvalue weighted by Gasteiger charge is 2.25. The normalized spacial score (nSPS) is 33.6. The Balaban J connectivity index is 2.28. The Morgan fingerprint density at radius 1 is 1.50 bits per heavy atom. The number of nitrogens with one attached hydrogen (secondary N) is 1. The van der Waals surface area contributed by atoms with E-state index in [9.17, 15) is 0 Å². The summed E-state index contributed by atoms with van der Waals surface area (Å²) in [5.41, 5.74) is 0. The Hall–Kier alpha value is -0.0800. The summed E-state index contributed by atoms with van der Waals surface area (Å²) in [5, 5.41) is 3.22. The van der Waals surface area contributed by atoms with Crippen LogP contribution >= 0.6 is 0 Å². The van der Waals surface area contributed by atoms with Gasteiger partial charge in [0.15, 0.2) is 0 Å². The number of rotatable bonds is 2. The molecule has 0 aromatic carbocycles. The van der Waals surface area contributed by atoms with Crippen molar-refractivity contribution in [1.29, 1.82) is 0 Å². The molecular weight excluding hydrogens is 126 g/mol. The third kappa shape index (κ3) is 1.70. The standard InChI is InChI=1S/C8H17NO/c1-6(2)8-4-7(9-3)5-10-8/h6-9H,4-5H2,1-3H3/t7-,8-/m1/s1. The van der Waals surface area contributed by atoms with Gasteiger partial charge in [-0.3, -0.25) is 0 Å². The van der Waals surface area contributed by atoms with Crippen molar-refractivity contribution in [2.24, 2.45) is 5.92 Å². The average Bonchev–Trinajstić information content (AvgIpc) is 2.34. The maximum Gasteiger partial charge on any atom is 0.0624 e. The SMILES string of the molecule is CN[C@H]1CO[C@@H](C(C)C)C1. The molecule has 0 radical (unpaired) electrons. The lowest BCUT2D eigenvalue weighted by Crippen LogP contribution is -2.25. The van der Waals surface area contributed by atoms with Gasteiger partial charge >= 0.3 is 0 Å². The molecule has 1 saturated heterocycles. The van der Waals surface area contributed by atoms with E-state index in [0.717, 1.165) is 6.61 Å². The van der Waals surface area contributed by atoms with Gasteiger partial charge < -0.3 is 10.1 Å². The van der Waals surface area contributed by atoms with E-state index < -0.39 is 0 Å². The van der Waals surface area contributed by atoms with Gasteiger partial charge in [0.25, 0.3) is 0 Å². The molecule has 10 heavy (non-hydrogen) atoms. The van der Waals surface area contributed by atoms with Gasteiger partial charge in [-0.2, -0.15) is 0 Å². The fourth-order valence-corrected chi connectivity index (χ4v) is 1.32. The maximum absolute atomic E-state index is 5.56. The number of likely N-dealkylation sites (N-methyl/N-ethyl adjacent to an activating group) is 1. The van der Waals surface area contributed by atoms with Crippen molar-refractivity contribution in [2.45, 2.75) is 32.4 Å². The van der Waals surface area contributed by atoms with Gasteiger partial charge in [0.1, 0.15) is 0 Å². The predicted molar refractivity (Wildman–Crippen MR) is 42.0 cm³/mol. The van der Waals surface area contributed by atoms with E-state index >= 15 is 0 Å². The topological polar surface area (TPSA) is 21.3 Å². The fourth-order valence-electron chi connectivity index (χ4n) is 1.32. The molecule has 0 aromatic rings. The van der Waals surface area contributed by atoms with Crippen LogP contribution in [0.5, 0.6) is 0 Å². The second kappa shape index (κ2) is 3.35. The Labute approximate surface area is 63.0 Å². The van der Waals surface area contributed by atoms with E-state index in [1.165, 1.54) is 6.42 Å². The van der Waals surface area contributed by atoms with Crippen LogP contribution in [0.25, 0.3) is 0 Å². The van der Waals surface area contributed by atoms with Crippen LogP contribution in [0.1, 0.15) is 20.3 Å². The lowest BCUT2D eigenvalue weighted by Gasteiger charge is -2.12. The Morgan fingerprint density at radius 2 is 2.20 bits per heavy atom. The second-order valence-electron chi connectivity index (χ2n) is 3.34. The van der Waals surface area contributed by atoms with Crippen LogP contribution < -0.4 is 5.32 Å². The van der Waals surface area contributed by atoms with Crippen molar-refractivity contribution < 1.29 is 4.74 Å². The molecule has 1 rings (SSSR count). The van der Waals surface area contributed by atoms with E-state index in [1.54, 1.807) is 0 Å². The van der Waals surface area contributed by atoms with Crippen LogP contribution in [0.15, 0.2) is 0 Å². The zero-order valence-electron chi connectivity index (χ0n) is 7.05. The van der Waals surface area contributed by atoms with Crippen LogP contribution in [0, 0.1) is 5.92 Å². The molecule has 2 atom stereocenters. The van der Waals surface area contributed by atoms with E-state index in [4.69, 9.17) is 4.74 Å². The molecule has 0 bridgehead atoms. The molecule has 60 valence electrons. The third-order valence-electron chi connectivity index (χ3n) is 2.18. The summed E-state index contributed by atoms with van der Waals surface area (Å²) >= 11 is 0. The Bertz CT molecular complexity index is 103. The predicted octanol–water partition coefficient (Wildman–Crippen LogP) is 1.02. The van der Waals surface area contributed by atoms with Crippen molar-refractivity contribution in [3.05, 3.63) is 0 Å². The van der Waals surface area contributed by atoms with Crippen LogP contribution in [0.3, 0.4) is 0 Å². The molecule has 1 heterocycles. The minimum absolute atomic E-state index is 0.484. The van der Waals surface area contributed by atoms with Crippen LogP contribution in [0.2, 0.25) is 0 Å². The average molecular weight is 143 g/mol. The van der Waals surface area contributed by atoms with Gasteiger partial charge in [-0.1, -0.05) is 13.8 Å². The summed E-state index contributed by atoms with van der Waals surface area (Å²) < 4.78 is 5.56. The van der Waals surface area contributed by atoms with Crippen molar-refractivity contribution in [1.82, 2.24) is 5.32 Å². The van der Waals surface area contributed by atoms with Crippen LogP contribution in [-0.4, -0.2) is 25.8 Å². The lowest BCUT2D eigenvalue weighted by atomic mass is 10.0. The summed E-state index contributed by atoms with van der Waals surface area (Å²) in [5.74, 6) is 0.665. The quantitative estimate of drug-likeness (QED) is 0.623. The van der Waals surface area contributed by atoms with Crippen LogP contribution in [0.4, 0.5) is 0 Å². The van der Waals surface area contributed by atoms with E-state index in [-0.39, 0.29) is 0 Å². The molecule has 0 aromatic heterocycles. The van der Waals surface area contributed by atoms with Gasteiger partial charge in [0.2, 0.25) is 0 Å². The molecule has 2 heteroatoms. The molecule has 1 aliphatic heterocycles. The first-order chi connectivity index (χ1) is 4.74. The minimum Gasteiger partial charge on any atom is -0.376 e. The van der Waals surface area contributed by atoms with Crippen molar-refractivity contribution in [3.8, 4) is 0 Å². The summed E-state index contributed by atoms with van der Waals surface area (Å²) in [6, 6.07) is 0.590. The van der Waals surface area contributed by atoms with Gasteiger partial charge in [0, 0.05) is 6.04 Å². The van der Waals surface area contributed by atoms with Gasteiger partial charge in [-0.15, -0.1) is 0 Å². The van der Waals surface area contributed by atoms with Crippen molar-refractivity contribution in [2.75, 3.05) is 13.7 Å². The maximum atomic E-state index is 5.56. The summed E-state index contributed by atoms with van der Waals surface area (Å²) in [6.45, 7) is 5.31. The van der Waals surface area contributed by atoms with Crippen molar-refractivity contribution >= 4 is 0 Å². The van der Waals surface area contributed by atoms with Gasteiger partial charge in [0.05, 0.1) is 12.7 Å². The molecule has 0 amide bonds. The molecule has 1 N–H and O–H groups in total. The molecule has 0 spiro atoms. The summed E-state index contributed by atoms with van der Waals surface area (Å²) in [7, 11) is 2.00. The van der Waals surface area contributed by atoms with E-state index in [1.807, 2.05) is 7.05 Å². The zero-order valence-corrected chi connectivity index (χ0v) is 7.05. The first-order valence-corrected chi connectivity index (χ1v) is 4.03. The molecule has 2 nitrogen and oxygen atoms in total. The highest BCUT2D eigenvalue weighted by atomic mass is 16.5. The van der Waals surface area contributed by atoms with E-state index in [2.05, 4.69) is 19.2 Å². The molecule has 1 aliphatic rings. The largest absolute Gasteiger partial charge is 0.376 e. The molecule has 1 fully saturated rings. The third-order valence-corrected chi connectivity index (χ3v) is 2.18. The number of ether oxygens (including phenoxy) is 1. The van der Waals surface area contributed by atoms with Crippen LogP contribution in [-0.2, 0) is 4.74 Å². The van der Waals surface area contributed by atoms with E-state index in [0.29, 0.717) is 18.1 Å². The molecule has 0 unspecified atom stereocenters. The van der Waals surface area contributed by atoms with Crippen molar-refractivity contribution in [3.63, 3.8) is 0 Å². The first-order valence-electron chi connectivity index (χ1n) is 4.03. The Kier molecular flexibility index (Phi) is 2.69. The first kappa shape index (κ1) is 8.02. The highest BCUT2D eigenvalue weighted by molar-refractivity contribution is 4.79. The minimum atomic E-state index is 0.484. The summed E-state index contributed by atoms with van der Waals surface area (Å²) in [6.07, 6.45) is 1.66. The van der Waals surface area contributed by atoms with Gasteiger partial charge in [-0.25, -0.2) is 0 Å². The molecule has 0 aliphatic carbocycles. The number of hydrogen-bond donors (Lipinski definition) is 1. The van der Waals surface area contributed by atoms with Gasteiger partial charge in [-0.05, 0) is 19.4 Å². The molecule has 0 saturated carbocycles. The Morgan fingerprint density at radius 3 is 2.50 bits per heavy atom.